The van der Waals surface area contributed by atoms with Crippen molar-refractivity contribution in [3.8, 4) is 11.3 Å². The predicted molar refractivity (Wildman–Crippen MR) is 91.6 cm³/mol. The summed E-state index contributed by atoms with van der Waals surface area (Å²) in [6, 6.07) is 6.33. The molecular formula is C16H19N3O3S. The number of nitro groups is 1. The number of amides is 1. The molecular weight excluding hydrogens is 314 g/mol. The molecule has 23 heavy (non-hydrogen) atoms. The average Bonchev–Trinajstić information content (AvgIpc) is 2.77. The SMILES string of the molecule is Cc1sc(NC(=O)CC(C)(C)C)nc1-c1cccc([N+](=O)[O-])c1. The second kappa shape index (κ2) is 6.45. The minimum absolute atomic E-state index is 0.0215. The first kappa shape index (κ1) is 17.1. The topological polar surface area (TPSA) is 85.1 Å². The molecule has 0 spiro atoms. The largest absolute Gasteiger partial charge is 0.302 e. The van der Waals surface area contributed by atoms with Gasteiger partial charge in [0.1, 0.15) is 0 Å². The highest BCUT2D eigenvalue weighted by Crippen LogP contribution is 2.32. The Labute approximate surface area is 138 Å². The molecule has 1 aromatic carbocycles. The molecule has 2 aromatic rings. The van der Waals surface area contributed by atoms with Crippen LogP contribution in [0.4, 0.5) is 10.8 Å². The Bertz CT molecular complexity index is 747. The molecule has 0 fully saturated rings. The summed E-state index contributed by atoms with van der Waals surface area (Å²) in [7, 11) is 0. The van der Waals surface area contributed by atoms with E-state index in [0.29, 0.717) is 22.8 Å². The summed E-state index contributed by atoms with van der Waals surface area (Å²) in [5.74, 6) is -0.0863. The zero-order valence-corrected chi connectivity index (χ0v) is 14.4. The fraction of sp³-hybridized carbons (Fsp3) is 0.375. The highest BCUT2D eigenvalue weighted by molar-refractivity contribution is 7.16. The van der Waals surface area contributed by atoms with Gasteiger partial charge in [-0.15, -0.1) is 11.3 Å². The van der Waals surface area contributed by atoms with Gasteiger partial charge < -0.3 is 5.32 Å². The van der Waals surface area contributed by atoms with Gasteiger partial charge in [0.2, 0.25) is 5.91 Å². The van der Waals surface area contributed by atoms with Crippen LogP contribution in [0.3, 0.4) is 0 Å². The molecule has 122 valence electrons. The first-order valence-electron chi connectivity index (χ1n) is 7.18. The lowest BCUT2D eigenvalue weighted by Crippen LogP contribution is -2.19. The second-order valence-corrected chi connectivity index (χ2v) is 7.72. The normalized spacial score (nSPS) is 11.3. The van der Waals surface area contributed by atoms with E-state index in [-0.39, 0.29) is 17.0 Å². The van der Waals surface area contributed by atoms with Crippen molar-refractivity contribution in [2.45, 2.75) is 34.1 Å². The van der Waals surface area contributed by atoms with Crippen molar-refractivity contribution in [1.82, 2.24) is 4.98 Å². The third kappa shape index (κ3) is 4.59. The van der Waals surface area contributed by atoms with E-state index >= 15 is 0 Å². The van der Waals surface area contributed by atoms with Gasteiger partial charge in [-0.3, -0.25) is 14.9 Å². The van der Waals surface area contributed by atoms with Crippen molar-refractivity contribution in [1.29, 1.82) is 0 Å². The Morgan fingerprint density at radius 2 is 2.09 bits per heavy atom. The van der Waals surface area contributed by atoms with Crippen LogP contribution >= 0.6 is 11.3 Å². The minimum Gasteiger partial charge on any atom is -0.302 e. The zero-order valence-electron chi connectivity index (χ0n) is 13.5. The number of anilines is 1. The Morgan fingerprint density at radius 3 is 2.70 bits per heavy atom. The molecule has 1 heterocycles. The van der Waals surface area contributed by atoms with Crippen LogP contribution < -0.4 is 5.32 Å². The van der Waals surface area contributed by atoms with Gasteiger partial charge in [0.05, 0.1) is 10.6 Å². The highest BCUT2D eigenvalue weighted by atomic mass is 32.1. The summed E-state index contributed by atoms with van der Waals surface area (Å²) in [5, 5.41) is 14.2. The van der Waals surface area contributed by atoms with Crippen molar-refractivity contribution >= 4 is 28.1 Å². The second-order valence-electron chi connectivity index (χ2n) is 6.52. The summed E-state index contributed by atoms with van der Waals surface area (Å²) in [5.41, 5.74) is 1.25. The van der Waals surface area contributed by atoms with Crippen molar-refractivity contribution in [2.75, 3.05) is 5.32 Å². The minimum atomic E-state index is -0.433. The quantitative estimate of drug-likeness (QED) is 0.663. The fourth-order valence-corrected chi connectivity index (χ4v) is 2.98. The van der Waals surface area contributed by atoms with Crippen LogP contribution in [0.15, 0.2) is 24.3 Å². The number of hydrogen-bond donors (Lipinski definition) is 1. The van der Waals surface area contributed by atoms with Crippen molar-refractivity contribution in [3.63, 3.8) is 0 Å². The Kier molecular flexibility index (Phi) is 4.79. The van der Waals surface area contributed by atoms with Crippen LogP contribution in [0.25, 0.3) is 11.3 Å². The van der Waals surface area contributed by atoms with E-state index in [1.807, 2.05) is 27.7 Å². The first-order chi connectivity index (χ1) is 10.7. The number of nitro benzene ring substituents is 1. The van der Waals surface area contributed by atoms with Gasteiger partial charge in [-0.25, -0.2) is 4.98 Å². The van der Waals surface area contributed by atoms with E-state index in [1.54, 1.807) is 12.1 Å². The number of benzene rings is 1. The molecule has 0 saturated carbocycles. The molecule has 7 heteroatoms. The molecule has 0 unspecified atom stereocenters. The number of nitrogens with zero attached hydrogens (tertiary/aromatic N) is 2. The number of carbonyl (C=O) groups excluding carboxylic acids is 1. The van der Waals surface area contributed by atoms with Crippen molar-refractivity contribution < 1.29 is 9.72 Å². The number of non-ortho nitro benzene ring substituents is 1. The number of aromatic nitrogens is 1. The molecule has 0 saturated heterocycles. The molecule has 0 aliphatic rings. The number of hydrogen-bond acceptors (Lipinski definition) is 5. The molecule has 1 N–H and O–H groups in total. The average molecular weight is 333 g/mol. The number of thiazole rings is 1. The maximum atomic E-state index is 12.0. The van der Waals surface area contributed by atoms with E-state index in [9.17, 15) is 14.9 Å². The van der Waals surface area contributed by atoms with Crippen LogP contribution in [-0.4, -0.2) is 15.8 Å². The number of aryl methyl sites for hydroxylation is 1. The van der Waals surface area contributed by atoms with Crippen LogP contribution in [0, 0.1) is 22.5 Å². The highest BCUT2D eigenvalue weighted by Gasteiger charge is 2.18. The first-order valence-corrected chi connectivity index (χ1v) is 7.99. The smallest absolute Gasteiger partial charge is 0.270 e. The van der Waals surface area contributed by atoms with E-state index in [0.717, 1.165) is 4.88 Å². The maximum absolute atomic E-state index is 12.0. The summed E-state index contributed by atoms with van der Waals surface area (Å²) in [6.45, 7) is 7.86. The number of nitrogens with one attached hydrogen (secondary N) is 1. The molecule has 6 nitrogen and oxygen atoms in total. The molecule has 0 aliphatic carbocycles. The molecule has 0 atom stereocenters. The fourth-order valence-electron chi connectivity index (χ4n) is 2.13. The summed E-state index contributed by atoms with van der Waals surface area (Å²) in [4.78, 5) is 27.8. The number of carbonyl (C=O) groups is 1. The summed E-state index contributed by atoms with van der Waals surface area (Å²) in [6.07, 6.45) is 0.401. The Hall–Kier alpha value is -2.28. The van der Waals surface area contributed by atoms with Gasteiger partial charge in [-0.05, 0) is 12.3 Å². The summed E-state index contributed by atoms with van der Waals surface area (Å²) >= 11 is 1.36. The van der Waals surface area contributed by atoms with Crippen LogP contribution in [0.1, 0.15) is 32.1 Å². The zero-order chi connectivity index (χ0) is 17.2. The third-order valence-corrected chi connectivity index (χ3v) is 3.95. The standard InChI is InChI=1S/C16H19N3O3S/c1-10-14(11-6-5-7-12(8-11)19(21)22)18-15(23-10)17-13(20)9-16(2,3)4/h5-8H,9H2,1-4H3,(H,17,18,20). The van der Waals surface area contributed by atoms with Crippen LogP contribution in [0.5, 0.6) is 0 Å². The Balaban J connectivity index is 2.23. The molecule has 0 radical (unpaired) electrons. The third-order valence-electron chi connectivity index (χ3n) is 3.06. The van der Waals surface area contributed by atoms with Crippen molar-refractivity contribution in [2.24, 2.45) is 5.41 Å². The van der Waals surface area contributed by atoms with E-state index < -0.39 is 4.92 Å². The predicted octanol–water partition coefficient (Wildman–Crippen LogP) is 4.40. The van der Waals surface area contributed by atoms with Crippen LogP contribution in [-0.2, 0) is 4.79 Å². The molecule has 2 rings (SSSR count). The molecule has 1 aromatic heterocycles. The van der Waals surface area contributed by atoms with Crippen LogP contribution in [0.2, 0.25) is 0 Å². The molecule has 1 amide bonds. The Morgan fingerprint density at radius 1 is 1.39 bits per heavy atom. The number of rotatable bonds is 4. The lowest BCUT2D eigenvalue weighted by molar-refractivity contribution is -0.384. The van der Waals surface area contributed by atoms with E-state index in [4.69, 9.17) is 0 Å². The maximum Gasteiger partial charge on any atom is 0.270 e. The summed E-state index contributed by atoms with van der Waals surface area (Å²) < 4.78 is 0. The van der Waals surface area contributed by atoms with Gasteiger partial charge >= 0.3 is 0 Å². The van der Waals surface area contributed by atoms with E-state index in [2.05, 4.69) is 10.3 Å². The van der Waals surface area contributed by atoms with Gasteiger partial charge in [0.15, 0.2) is 5.13 Å². The van der Waals surface area contributed by atoms with Crippen molar-refractivity contribution in [3.05, 3.63) is 39.3 Å². The molecule has 0 aliphatic heterocycles. The molecule has 0 bridgehead atoms. The monoisotopic (exact) mass is 333 g/mol. The van der Waals surface area contributed by atoms with Gasteiger partial charge in [0.25, 0.3) is 5.69 Å². The van der Waals surface area contributed by atoms with E-state index in [1.165, 1.54) is 23.5 Å². The lowest BCUT2D eigenvalue weighted by atomic mass is 9.92. The lowest BCUT2D eigenvalue weighted by Gasteiger charge is -2.16. The van der Waals surface area contributed by atoms with Gasteiger partial charge in [-0.1, -0.05) is 32.9 Å². The van der Waals surface area contributed by atoms with Gasteiger partial charge in [-0.2, -0.15) is 0 Å². The van der Waals surface area contributed by atoms with Gasteiger partial charge in [0, 0.05) is 29.0 Å².